The third-order valence-electron chi connectivity index (χ3n) is 11.7. The maximum absolute atomic E-state index is 12.3. The molecule has 2 saturated heterocycles. The second-order valence-corrected chi connectivity index (χ2v) is 15.5. The number of carboxylic acids is 1. The second kappa shape index (κ2) is 13.9. The number of rotatable bonds is 20. The van der Waals surface area contributed by atoms with Crippen LogP contribution in [0.3, 0.4) is 0 Å². The molecule has 6 nitrogen and oxygen atoms in total. The Morgan fingerprint density at radius 1 is 0.762 bits per heavy atom. The van der Waals surface area contributed by atoms with Crippen LogP contribution in [-0.4, -0.2) is 56.3 Å². The molecule has 2 atom stereocenters. The highest BCUT2D eigenvalue weighted by Crippen LogP contribution is 2.65. The minimum atomic E-state index is -0.833. The SMILES string of the molecule is CCCC1(CCCCCOC(=C(C)C(=O)O)C23CC4CC(CC(OCCCCCC5(CCC)COC5)(C4)C2)C3)COC1. The minimum Gasteiger partial charge on any atom is -0.497 e. The van der Waals surface area contributed by atoms with Crippen molar-refractivity contribution in [2.75, 3.05) is 39.6 Å². The van der Waals surface area contributed by atoms with Gasteiger partial charge in [-0.2, -0.15) is 0 Å². The lowest BCUT2D eigenvalue weighted by molar-refractivity contribution is -0.193. The zero-order valence-corrected chi connectivity index (χ0v) is 27.1. The topological polar surface area (TPSA) is 74.2 Å². The van der Waals surface area contributed by atoms with Crippen molar-refractivity contribution in [3.8, 4) is 0 Å². The summed E-state index contributed by atoms with van der Waals surface area (Å²) < 4.78 is 24.5. The first-order chi connectivity index (χ1) is 20.3. The van der Waals surface area contributed by atoms with Gasteiger partial charge in [0.25, 0.3) is 0 Å². The molecule has 0 amide bonds. The van der Waals surface area contributed by atoms with Gasteiger partial charge >= 0.3 is 5.97 Å². The van der Waals surface area contributed by atoms with E-state index < -0.39 is 5.97 Å². The monoisotopic (exact) mass is 588 g/mol. The Morgan fingerprint density at radius 2 is 1.31 bits per heavy atom. The van der Waals surface area contributed by atoms with E-state index in [1.54, 1.807) is 6.92 Å². The van der Waals surface area contributed by atoms with Crippen LogP contribution in [0, 0.1) is 28.1 Å². The number of aliphatic carboxylic acids is 1. The summed E-state index contributed by atoms with van der Waals surface area (Å²) in [7, 11) is 0. The molecule has 4 aliphatic carbocycles. The standard InChI is InChI=1S/C36H60O6/c1-4-12-33(24-39-25-33)14-8-6-10-16-41-31(28(3)32(37)38)35-19-29-18-30(20-35)22-36(21-29,23-35)42-17-11-7-9-15-34(13-5-2)26-40-27-34/h29-30H,4-27H2,1-3H3,(H,37,38). The molecule has 2 aliphatic heterocycles. The van der Waals surface area contributed by atoms with E-state index in [1.165, 1.54) is 64.2 Å². The first-order valence-electron chi connectivity index (χ1n) is 17.6. The van der Waals surface area contributed by atoms with E-state index in [0.29, 0.717) is 34.8 Å². The predicted octanol–water partition coefficient (Wildman–Crippen LogP) is 8.47. The van der Waals surface area contributed by atoms with Crippen molar-refractivity contribution in [3.63, 3.8) is 0 Å². The molecule has 6 aliphatic rings. The zero-order chi connectivity index (χ0) is 29.7. The lowest BCUT2D eigenvalue weighted by Crippen LogP contribution is -2.57. The molecule has 6 rings (SSSR count). The van der Waals surface area contributed by atoms with Gasteiger partial charge in [-0.1, -0.05) is 52.4 Å². The van der Waals surface area contributed by atoms with Gasteiger partial charge in [0.1, 0.15) is 5.76 Å². The molecule has 0 radical (unpaired) electrons. The van der Waals surface area contributed by atoms with Crippen molar-refractivity contribution in [2.24, 2.45) is 28.1 Å². The van der Waals surface area contributed by atoms with Gasteiger partial charge in [0.2, 0.25) is 0 Å². The van der Waals surface area contributed by atoms with Crippen LogP contribution >= 0.6 is 0 Å². The molecule has 0 aromatic heterocycles. The minimum absolute atomic E-state index is 0.0961. The second-order valence-electron chi connectivity index (χ2n) is 15.5. The Morgan fingerprint density at radius 3 is 1.79 bits per heavy atom. The Hall–Kier alpha value is -1.11. The number of unbranched alkanes of at least 4 members (excludes halogenated alkanes) is 4. The molecule has 240 valence electrons. The molecule has 6 heteroatoms. The lowest BCUT2D eigenvalue weighted by atomic mass is 9.47. The van der Waals surface area contributed by atoms with Crippen LogP contribution < -0.4 is 0 Å². The van der Waals surface area contributed by atoms with Crippen LogP contribution in [-0.2, 0) is 23.7 Å². The molecule has 0 aromatic carbocycles. The maximum atomic E-state index is 12.3. The van der Waals surface area contributed by atoms with E-state index in [0.717, 1.165) is 90.2 Å². The maximum Gasteiger partial charge on any atom is 0.334 e. The summed E-state index contributed by atoms with van der Waals surface area (Å²) in [5.41, 5.74) is 1.02. The average molecular weight is 589 g/mol. The highest BCUT2D eigenvalue weighted by Gasteiger charge is 2.60. The molecule has 6 fully saturated rings. The molecule has 42 heavy (non-hydrogen) atoms. The molecule has 2 heterocycles. The van der Waals surface area contributed by atoms with Gasteiger partial charge in [-0.15, -0.1) is 0 Å². The molecule has 2 unspecified atom stereocenters. The number of ether oxygens (including phenoxy) is 4. The van der Waals surface area contributed by atoms with E-state index in [-0.39, 0.29) is 11.0 Å². The van der Waals surface area contributed by atoms with Crippen LogP contribution in [0.2, 0.25) is 0 Å². The first-order valence-corrected chi connectivity index (χ1v) is 17.6. The van der Waals surface area contributed by atoms with Crippen molar-refractivity contribution < 1.29 is 28.8 Å². The van der Waals surface area contributed by atoms with Gasteiger partial charge in [-0.05, 0) is 95.8 Å². The largest absolute Gasteiger partial charge is 0.497 e. The third kappa shape index (κ3) is 7.23. The third-order valence-corrected chi connectivity index (χ3v) is 11.7. The quantitative estimate of drug-likeness (QED) is 0.0873. The molecule has 4 bridgehead atoms. The van der Waals surface area contributed by atoms with Crippen LogP contribution in [0.15, 0.2) is 11.3 Å². The van der Waals surface area contributed by atoms with E-state index in [9.17, 15) is 9.90 Å². The molecule has 0 aromatic rings. The summed E-state index contributed by atoms with van der Waals surface area (Å²) in [5, 5.41) is 10.1. The summed E-state index contributed by atoms with van der Waals surface area (Å²) in [6, 6.07) is 0. The van der Waals surface area contributed by atoms with Gasteiger partial charge in [0.15, 0.2) is 0 Å². The molecule has 1 N–H and O–H groups in total. The summed E-state index contributed by atoms with van der Waals surface area (Å²) in [6.45, 7) is 11.5. The first kappa shape index (κ1) is 32.3. The Balaban J connectivity index is 1.13. The van der Waals surface area contributed by atoms with Gasteiger partial charge in [-0.25, -0.2) is 4.79 Å². The van der Waals surface area contributed by atoms with E-state index >= 15 is 0 Å². The molecule has 0 spiro atoms. The van der Waals surface area contributed by atoms with E-state index in [1.807, 2.05) is 0 Å². The lowest BCUT2D eigenvalue weighted by Gasteiger charge is -2.62. The highest BCUT2D eigenvalue weighted by atomic mass is 16.5. The van der Waals surface area contributed by atoms with Crippen molar-refractivity contribution in [1.82, 2.24) is 0 Å². The normalized spacial score (nSPS) is 32.6. The van der Waals surface area contributed by atoms with Gasteiger partial charge in [0, 0.05) is 22.9 Å². The van der Waals surface area contributed by atoms with Crippen molar-refractivity contribution >= 4 is 5.97 Å². The van der Waals surface area contributed by atoms with E-state index in [4.69, 9.17) is 18.9 Å². The van der Waals surface area contributed by atoms with E-state index in [2.05, 4.69) is 13.8 Å². The molecule has 4 saturated carbocycles. The average Bonchev–Trinajstić information content (AvgIpc) is 2.90. The number of carboxylic acid groups (broad SMARTS) is 1. The predicted molar refractivity (Wildman–Crippen MR) is 165 cm³/mol. The van der Waals surface area contributed by atoms with Gasteiger partial charge in [0.05, 0.1) is 44.2 Å². The van der Waals surface area contributed by atoms with Crippen LogP contribution in [0.25, 0.3) is 0 Å². The summed E-state index contributed by atoms with van der Waals surface area (Å²) in [4.78, 5) is 12.3. The van der Waals surface area contributed by atoms with Gasteiger partial charge in [-0.3, -0.25) is 0 Å². The fourth-order valence-corrected chi connectivity index (χ4v) is 10.1. The Labute approximate surface area is 255 Å². The molecular weight excluding hydrogens is 528 g/mol. The number of hydrogen-bond acceptors (Lipinski definition) is 5. The van der Waals surface area contributed by atoms with Crippen LogP contribution in [0.5, 0.6) is 0 Å². The highest BCUT2D eigenvalue weighted by molar-refractivity contribution is 5.86. The van der Waals surface area contributed by atoms with Crippen LogP contribution in [0.1, 0.15) is 136 Å². The molecular formula is C36H60O6. The number of hydrogen-bond donors (Lipinski definition) is 1. The number of carbonyl (C=O) groups is 1. The smallest absolute Gasteiger partial charge is 0.334 e. The summed E-state index contributed by atoms with van der Waals surface area (Å²) in [5.74, 6) is 1.20. The van der Waals surface area contributed by atoms with Crippen LogP contribution in [0.4, 0.5) is 0 Å². The van der Waals surface area contributed by atoms with Gasteiger partial charge < -0.3 is 24.1 Å². The number of allylic oxidation sites excluding steroid dienone is 1. The fraction of sp³-hybridized carbons (Fsp3) is 0.917. The zero-order valence-electron chi connectivity index (χ0n) is 27.1. The Kier molecular flexibility index (Phi) is 10.7. The van der Waals surface area contributed by atoms with Crippen molar-refractivity contribution in [3.05, 3.63) is 11.3 Å². The summed E-state index contributed by atoms with van der Waals surface area (Å²) in [6.07, 6.45) is 21.1. The summed E-state index contributed by atoms with van der Waals surface area (Å²) >= 11 is 0. The van der Waals surface area contributed by atoms with Crippen molar-refractivity contribution in [2.45, 2.75) is 142 Å². The van der Waals surface area contributed by atoms with Crippen molar-refractivity contribution in [1.29, 1.82) is 0 Å². The fourth-order valence-electron chi connectivity index (χ4n) is 10.1. The Bertz CT molecular complexity index is 917.